The minimum absolute atomic E-state index is 0.120. The Bertz CT molecular complexity index is 680. The summed E-state index contributed by atoms with van der Waals surface area (Å²) in [6.07, 6.45) is 2.16. The summed E-state index contributed by atoms with van der Waals surface area (Å²) in [5.41, 5.74) is 1.53. The van der Waals surface area contributed by atoms with Crippen molar-refractivity contribution >= 4 is 36.4 Å². The summed E-state index contributed by atoms with van der Waals surface area (Å²) in [4.78, 5) is 11.4. The standard InChI is InChI=1S/C12H11BN2O4S2/c1-6-2-3-7-4-8(20-9-5-14-15-21-9)13(18)19-11(7)10(6)12(16)17/h2-3,5,8,18H,4H2,1H3,(H,16,17)/t8-/m0/s1. The van der Waals surface area contributed by atoms with Crippen LogP contribution >= 0.6 is 23.3 Å². The van der Waals surface area contributed by atoms with Crippen LogP contribution in [0, 0.1) is 6.92 Å². The Balaban J connectivity index is 1.92. The SMILES string of the molecule is Cc1ccc2c(c1C(=O)O)OB(O)[C@@H](Sc1cnns1)C2. The van der Waals surface area contributed by atoms with E-state index in [2.05, 4.69) is 9.59 Å². The number of carboxylic acid groups (broad SMARTS) is 1. The average molecular weight is 322 g/mol. The second kappa shape index (κ2) is 5.66. The number of carbonyl (C=O) groups is 1. The van der Waals surface area contributed by atoms with E-state index in [-0.39, 0.29) is 16.5 Å². The van der Waals surface area contributed by atoms with Crippen molar-refractivity contribution in [2.45, 2.75) is 22.7 Å². The van der Waals surface area contributed by atoms with Gasteiger partial charge in [-0.25, -0.2) is 4.79 Å². The Morgan fingerprint density at radius 3 is 3.05 bits per heavy atom. The van der Waals surface area contributed by atoms with Crippen molar-refractivity contribution in [3.8, 4) is 5.75 Å². The number of aromatic carboxylic acids is 1. The van der Waals surface area contributed by atoms with Gasteiger partial charge in [0, 0.05) is 0 Å². The Labute approximate surface area is 129 Å². The zero-order chi connectivity index (χ0) is 15.0. The zero-order valence-electron chi connectivity index (χ0n) is 11.0. The summed E-state index contributed by atoms with van der Waals surface area (Å²) in [5.74, 6) is -0.774. The fourth-order valence-electron chi connectivity index (χ4n) is 2.26. The lowest BCUT2D eigenvalue weighted by molar-refractivity contribution is 0.0693. The minimum atomic E-state index is -1.07. The number of carboxylic acids is 1. The maximum absolute atomic E-state index is 11.4. The number of hydrogen-bond acceptors (Lipinski definition) is 7. The molecule has 2 N–H and O–H groups in total. The molecule has 3 rings (SSSR count). The molecule has 6 nitrogen and oxygen atoms in total. The Hall–Kier alpha value is -1.58. The molecule has 0 radical (unpaired) electrons. The van der Waals surface area contributed by atoms with E-state index in [4.69, 9.17) is 4.65 Å². The lowest BCUT2D eigenvalue weighted by Crippen LogP contribution is -2.40. The second-order valence-electron chi connectivity index (χ2n) is 4.66. The molecule has 1 atom stereocenters. The van der Waals surface area contributed by atoms with E-state index in [1.54, 1.807) is 19.2 Å². The van der Waals surface area contributed by atoms with Crippen LogP contribution in [0.25, 0.3) is 0 Å². The van der Waals surface area contributed by atoms with Gasteiger partial charge in [0.2, 0.25) is 0 Å². The molecule has 21 heavy (non-hydrogen) atoms. The van der Waals surface area contributed by atoms with E-state index >= 15 is 0 Å². The van der Waals surface area contributed by atoms with Crippen molar-refractivity contribution in [3.05, 3.63) is 35.0 Å². The molecule has 0 unspecified atom stereocenters. The lowest BCUT2D eigenvalue weighted by Gasteiger charge is -2.28. The molecule has 2 aromatic rings. The van der Waals surface area contributed by atoms with Crippen LogP contribution in [0.5, 0.6) is 5.75 Å². The van der Waals surface area contributed by atoms with Crippen LogP contribution in [0.4, 0.5) is 0 Å². The Morgan fingerprint density at radius 1 is 1.57 bits per heavy atom. The number of rotatable bonds is 3. The van der Waals surface area contributed by atoms with Crippen molar-refractivity contribution < 1.29 is 19.6 Å². The predicted octanol–water partition coefficient (Wildman–Crippen LogP) is 1.66. The van der Waals surface area contributed by atoms with Crippen molar-refractivity contribution in [2.24, 2.45) is 0 Å². The topological polar surface area (TPSA) is 92.5 Å². The van der Waals surface area contributed by atoms with E-state index in [1.807, 2.05) is 6.07 Å². The largest absolute Gasteiger partial charge is 0.537 e. The first-order valence-electron chi connectivity index (χ1n) is 6.20. The molecule has 0 saturated heterocycles. The van der Waals surface area contributed by atoms with Gasteiger partial charge in [-0.1, -0.05) is 16.6 Å². The first-order chi connectivity index (χ1) is 10.1. The molecule has 0 amide bonds. The molecule has 0 aliphatic carbocycles. The average Bonchev–Trinajstić information content (AvgIpc) is 2.92. The highest BCUT2D eigenvalue weighted by Crippen LogP contribution is 2.38. The van der Waals surface area contributed by atoms with Crippen LogP contribution in [0.15, 0.2) is 22.5 Å². The third-order valence-corrected chi connectivity index (χ3v) is 5.26. The summed E-state index contributed by atoms with van der Waals surface area (Å²) in [6, 6.07) is 3.61. The predicted molar refractivity (Wildman–Crippen MR) is 80.0 cm³/mol. The van der Waals surface area contributed by atoms with E-state index in [0.29, 0.717) is 12.0 Å². The summed E-state index contributed by atoms with van der Waals surface area (Å²) < 4.78 is 10.1. The van der Waals surface area contributed by atoms with E-state index in [1.165, 1.54) is 23.3 Å². The minimum Gasteiger partial charge on any atom is -0.535 e. The normalized spacial score (nSPS) is 17.2. The first-order valence-corrected chi connectivity index (χ1v) is 7.86. The fourth-order valence-corrected chi connectivity index (χ4v) is 4.01. The number of aryl methyl sites for hydroxylation is 1. The molecule has 0 spiro atoms. The van der Waals surface area contributed by atoms with E-state index in [9.17, 15) is 14.9 Å². The highest BCUT2D eigenvalue weighted by molar-refractivity contribution is 8.02. The summed E-state index contributed by atoms with van der Waals surface area (Å²) in [6.45, 7) is 1.71. The summed E-state index contributed by atoms with van der Waals surface area (Å²) >= 11 is 2.68. The number of thioether (sulfide) groups is 1. The van der Waals surface area contributed by atoms with Gasteiger partial charge in [-0.2, -0.15) is 0 Å². The van der Waals surface area contributed by atoms with Gasteiger partial charge in [-0.15, -0.1) is 16.9 Å². The summed E-state index contributed by atoms with van der Waals surface area (Å²) in [7, 11) is -1.07. The number of fused-ring (bicyclic) bond motifs is 1. The molecule has 0 fully saturated rings. The van der Waals surface area contributed by atoms with Gasteiger partial charge in [-0.3, -0.25) is 0 Å². The molecule has 1 aliphatic rings. The van der Waals surface area contributed by atoms with Gasteiger partial charge in [0.05, 0.1) is 11.3 Å². The van der Waals surface area contributed by atoms with Crippen LogP contribution in [0.2, 0.25) is 0 Å². The quantitative estimate of drug-likeness (QED) is 0.830. The van der Waals surface area contributed by atoms with Crippen molar-refractivity contribution in [2.75, 3.05) is 0 Å². The molecule has 1 aliphatic heterocycles. The number of aromatic nitrogens is 2. The van der Waals surface area contributed by atoms with Gasteiger partial charge in [0.15, 0.2) is 0 Å². The maximum atomic E-state index is 11.4. The van der Waals surface area contributed by atoms with Gasteiger partial charge in [0.25, 0.3) is 0 Å². The van der Waals surface area contributed by atoms with Crippen LogP contribution in [0.3, 0.4) is 0 Å². The van der Waals surface area contributed by atoms with Crippen molar-refractivity contribution in [3.63, 3.8) is 0 Å². The molecular formula is C12H11BN2O4S2. The van der Waals surface area contributed by atoms with Crippen LogP contribution in [0.1, 0.15) is 21.5 Å². The summed E-state index contributed by atoms with van der Waals surface area (Å²) in [5, 5.41) is 23.0. The molecule has 108 valence electrons. The molecule has 1 aromatic carbocycles. The number of nitrogens with zero attached hydrogens (tertiary/aromatic N) is 2. The molecule has 2 heterocycles. The van der Waals surface area contributed by atoms with Gasteiger partial charge in [0.1, 0.15) is 15.5 Å². The third kappa shape index (κ3) is 2.76. The highest BCUT2D eigenvalue weighted by Gasteiger charge is 2.38. The molecule has 0 saturated carbocycles. The molecule has 1 aromatic heterocycles. The highest BCUT2D eigenvalue weighted by atomic mass is 32.2. The van der Waals surface area contributed by atoms with Crippen LogP contribution in [-0.2, 0) is 6.42 Å². The molecule has 0 bridgehead atoms. The van der Waals surface area contributed by atoms with Crippen LogP contribution < -0.4 is 4.65 Å². The Morgan fingerprint density at radius 2 is 2.38 bits per heavy atom. The van der Waals surface area contributed by atoms with E-state index < -0.39 is 13.1 Å². The zero-order valence-corrected chi connectivity index (χ0v) is 12.6. The van der Waals surface area contributed by atoms with Crippen LogP contribution in [-0.4, -0.2) is 38.0 Å². The fraction of sp³-hybridized carbons (Fsp3) is 0.250. The lowest BCUT2D eigenvalue weighted by atomic mass is 9.77. The monoisotopic (exact) mass is 322 g/mol. The first kappa shape index (κ1) is 14.4. The van der Waals surface area contributed by atoms with Gasteiger partial charge < -0.3 is 14.8 Å². The molecular weight excluding hydrogens is 311 g/mol. The van der Waals surface area contributed by atoms with Gasteiger partial charge >= 0.3 is 13.1 Å². The van der Waals surface area contributed by atoms with E-state index in [0.717, 1.165) is 9.77 Å². The number of hydrogen-bond donors (Lipinski definition) is 2. The maximum Gasteiger partial charge on any atom is 0.537 e. The number of benzene rings is 1. The van der Waals surface area contributed by atoms with Crippen molar-refractivity contribution in [1.29, 1.82) is 0 Å². The second-order valence-corrected chi connectivity index (χ2v) is 6.98. The third-order valence-electron chi connectivity index (χ3n) is 3.25. The molecule has 9 heteroatoms. The van der Waals surface area contributed by atoms with Crippen molar-refractivity contribution in [1.82, 2.24) is 9.59 Å². The Kier molecular flexibility index (Phi) is 3.88. The van der Waals surface area contributed by atoms with Gasteiger partial charge in [-0.05, 0) is 36.0 Å². The smallest absolute Gasteiger partial charge is 0.535 e.